The van der Waals surface area contributed by atoms with E-state index in [4.69, 9.17) is 0 Å². The molecule has 1 aliphatic heterocycles. The van der Waals surface area contributed by atoms with E-state index in [1.807, 2.05) is 53.4 Å². The van der Waals surface area contributed by atoms with E-state index in [2.05, 4.69) is 4.90 Å². The quantitative estimate of drug-likeness (QED) is 0.807. The molecular weight excluding hydrogens is 303 g/mol. The number of nitrogens with zero attached hydrogens (tertiary/aromatic N) is 2. The van der Waals surface area contributed by atoms with Crippen molar-refractivity contribution in [1.82, 2.24) is 9.80 Å². The van der Waals surface area contributed by atoms with Crippen molar-refractivity contribution < 1.29 is 9.18 Å². The number of amides is 1. The van der Waals surface area contributed by atoms with Crippen LogP contribution in [0.15, 0.2) is 60.7 Å². The Morgan fingerprint density at radius 3 is 2.33 bits per heavy atom. The molecule has 1 amide bonds. The Morgan fingerprint density at radius 2 is 1.62 bits per heavy atom. The van der Waals surface area contributed by atoms with Crippen molar-refractivity contribution >= 4 is 12.0 Å². The van der Waals surface area contributed by atoms with Gasteiger partial charge in [-0.2, -0.15) is 0 Å². The molecule has 0 unspecified atom stereocenters. The van der Waals surface area contributed by atoms with E-state index in [9.17, 15) is 9.18 Å². The van der Waals surface area contributed by atoms with Gasteiger partial charge in [0.25, 0.3) is 0 Å². The molecule has 1 fully saturated rings. The summed E-state index contributed by atoms with van der Waals surface area (Å²) in [4.78, 5) is 16.3. The largest absolute Gasteiger partial charge is 0.337 e. The second kappa shape index (κ2) is 7.88. The average molecular weight is 324 g/mol. The van der Waals surface area contributed by atoms with Crippen LogP contribution >= 0.6 is 0 Å². The van der Waals surface area contributed by atoms with Crippen LogP contribution in [-0.4, -0.2) is 41.9 Å². The molecule has 4 heteroatoms. The summed E-state index contributed by atoms with van der Waals surface area (Å²) >= 11 is 0. The Bertz CT molecular complexity index is 707. The fourth-order valence-electron chi connectivity index (χ4n) is 2.83. The number of carbonyl (C=O) groups excluding carboxylic acids is 1. The Labute approximate surface area is 142 Å². The maximum absolute atomic E-state index is 13.7. The molecule has 2 aromatic rings. The second-order valence-electron chi connectivity index (χ2n) is 5.94. The molecule has 0 radical (unpaired) electrons. The Hall–Kier alpha value is -2.46. The third-order valence-electron chi connectivity index (χ3n) is 4.25. The summed E-state index contributed by atoms with van der Waals surface area (Å²) in [5.41, 5.74) is 1.73. The summed E-state index contributed by atoms with van der Waals surface area (Å²) in [6.07, 6.45) is 3.47. The number of benzene rings is 2. The van der Waals surface area contributed by atoms with Crippen molar-refractivity contribution in [3.05, 3.63) is 77.6 Å². The number of piperazine rings is 1. The molecule has 0 spiro atoms. The highest BCUT2D eigenvalue weighted by atomic mass is 19.1. The van der Waals surface area contributed by atoms with Gasteiger partial charge in [0.05, 0.1) is 0 Å². The fourth-order valence-corrected chi connectivity index (χ4v) is 2.83. The van der Waals surface area contributed by atoms with Crippen LogP contribution in [-0.2, 0) is 11.3 Å². The van der Waals surface area contributed by atoms with Crippen LogP contribution in [0, 0.1) is 5.82 Å². The smallest absolute Gasteiger partial charge is 0.246 e. The third-order valence-corrected chi connectivity index (χ3v) is 4.25. The lowest BCUT2D eigenvalue weighted by Gasteiger charge is -2.34. The number of hydrogen-bond acceptors (Lipinski definition) is 2. The summed E-state index contributed by atoms with van der Waals surface area (Å²) in [7, 11) is 0. The van der Waals surface area contributed by atoms with E-state index in [-0.39, 0.29) is 11.7 Å². The topological polar surface area (TPSA) is 23.6 Å². The van der Waals surface area contributed by atoms with Gasteiger partial charge in [-0.15, -0.1) is 0 Å². The molecule has 1 saturated heterocycles. The van der Waals surface area contributed by atoms with Crippen LogP contribution in [0.2, 0.25) is 0 Å². The molecule has 1 heterocycles. The normalized spacial score (nSPS) is 15.8. The Kier molecular flexibility index (Phi) is 5.39. The van der Waals surface area contributed by atoms with Crippen LogP contribution in [0.3, 0.4) is 0 Å². The fraction of sp³-hybridized carbons (Fsp3) is 0.250. The Morgan fingerprint density at radius 1 is 0.958 bits per heavy atom. The van der Waals surface area contributed by atoms with Crippen molar-refractivity contribution in [2.45, 2.75) is 6.54 Å². The van der Waals surface area contributed by atoms with Gasteiger partial charge in [-0.05, 0) is 17.7 Å². The number of halogens is 1. The highest BCUT2D eigenvalue weighted by Crippen LogP contribution is 2.12. The van der Waals surface area contributed by atoms with Crippen LogP contribution in [0.1, 0.15) is 11.1 Å². The molecular formula is C20H21FN2O. The first kappa shape index (κ1) is 16.4. The lowest BCUT2D eigenvalue weighted by Crippen LogP contribution is -2.47. The van der Waals surface area contributed by atoms with Gasteiger partial charge < -0.3 is 4.90 Å². The maximum Gasteiger partial charge on any atom is 0.246 e. The summed E-state index contributed by atoms with van der Waals surface area (Å²) in [6.45, 7) is 3.46. The summed E-state index contributed by atoms with van der Waals surface area (Å²) in [5.74, 6) is -0.133. The molecule has 0 aromatic heterocycles. The third kappa shape index (κ3) is 4.30. The highest BCUT2D eigenvalue weighted by molar-refractivity contribution is 5.91. The van der Waals surface area contributed by atoms with E-state index >= 15 is 0 Å². The van der Waals surface area contributed by atoms with E-state index in [1.54, 1.807) is 12.1 Å². The zero-order valence-electron chi connectivity index (χ0n) is 13.6. The lowest BCUT2D eigenvalue weighted by atomic mass is 10.2. The summed E-state index contributed by atoms with van der Waals surface area (Å²) in [6, 6.07) is 16.7. The van der Waals surface area contributed by atoms with Gasteiger partial charge in [-0.3, -0.25) is 9.69 Å². The van der Waals surface area contributed by atoms with E-state index in [1.165, 1.54) is 6.07 Å². The molecule has 3 rings (SSSR count). The average Bonchev–Trinajstić information content (AvgIpc) is 2.63. The Balaban J connectivity index is 1.50. The lowest BCUT2D eigenvalue weighted by molar-refractivity contribution is -0.127. The van der Waals surface area contributed by atoms with E-state index in [0.29, 0.717) is 25.2 Å². The molecule has 0 aliphatic carbocycles. The zero-order chi connectivity index (χ0) is 16.8. The molecule has 0 N–H and O–H groups in total. The SMILES string of the molecule is O=C(C=Cc1ccccc1)N1CCN(Cc2ccccc2F)CC1. The standard InChI is InChI=1S/C20H21FN2O/c21-19-9-5-4-8-18(19)16-22-12-14-23(15-13-22)20(24)11-10-17-6-2-1-3-7-17/h1-11H,12-16H2. The monoisotopic (exact) mass is 324 g/mol. The first-order valence-corrected chi connectivity index (χ1v) is 8.20. The molecule has 0 atom stereocenters. The molecule has 2 aromatic carbocycles. The minimum atomic E-state index is -0.165. The van der Waals surface area contributed by atoms with Crippen molar-refractivity contribution in [2.75, 3.05) is 26.2 Å². The van der Waals surface area contributed by atoms with Crippen molar-refractivity contribution in [1.29, 1.82) is 0 Å². The van der Waals surface area contributed by atoms with Gasteiger partial charge in [0.15, 0.2) is 0 Å². The number of hydrogen-bond donors (Lipinski definition) is 0. The van der Waals surface area contributed by atoms with Crippen LogP contribution in [0.5, 0.6) is 0 Å². The summed E-state index contributed by atoms with van der Waals surface area (Å²) < 4.78 is 13.7. The minimum absolute atomic E-state index is 0.0318. The van der Waals surface area contributed by atoms with Crippen molar-refractivity contribution in [2.24, 2.45) is 0 Å². The summed E-state index contributed by atoms with van der Waals surface area (Å²) in [5, 5.41) is 0. The number of carbonyl (C=O) groups is 1. The van der Waals surface area contributed by atoms with Crippen molar-refractivity contribution in [3.63, 3.8) is 0 Å². The second-order valence-corrected chi connectivity index (χ2v) is 5.94. The van der Waals surface area contributed by atoms with Crippen LogP contribution < -0.4 is 0 Å². The predicted octanol–water partition coefficient (Wildman–Crippen LogP) is 3.18. The predicted molar refractivity (Wildman–Crippen MR) is 93.7 cm³/mol. The van der Waals surface area contributed by atoms with Crippen molar-refractivity contribution in [3.8, 4) is 0 Å². The molecule has 124 valence electrons. The van der Waals surface area contributed by atoms with Gasteiger partial charge in [-0.25, -0.2) is 4.39 Å². The van der Waals surface area contributed by atoms with Crippen LogP contribution in [0.25, 0.3) is 6.08 Å². The highest BCUT2D eigenvalue weighted by Gasteiger charge is 2.20. The van der Waals surface area contributed by atoms with Crippen LogP contribution in [0.4, 0.5) is 4.39 Å². The van der Waals surface area contributed by atoms with Gasteiger partial charge in [-0.1, -0.05) is 48.5 Å². The van der Waals surface area contributed by atoms with Gasteiger partial charge in [0, 0.05) is 44.4 Å². The molecule has 0 saturated carbocycles. The minimum Gasteiger partial charge on any atom is -0.337 e. The molecule has 24 heavy (non-hydrogen) atoms. The number of rotatable bonds is 4. The van der Waals surface area contributed by atoms with Gasteiger partial charge >= 0.3 is 0 Å². The van der Waals surface area contributed by atoms with Gasteiger partial charge in [0.2, 0.25) is 5.91 Å². The van der Waals surface area contributed by atoms with Gasteiger partial charge in [0.1, 0.15) is 5.82 Å². The first-order valence-electron chi connectivity index (χ1n) is 8.20. The van der Waals surface area contributed by atoms with E-state index in [0.717, 1.165) is 18.7 Å². The van der Waals surface area contributed by atoms with E-state index < -0.39 is 0 Å². The molecule has 1 aliphatic rings. The molecule has 3 nitrogen and oxygen atoms in total. The molecule has 0 bridgehead atoms. The zero-order valence-corrected chi connectivity index (χ0v) is 13.6. The maximum atomic E-state index is 13.7. The first-order chi connectivity index (χ1) is 11.7.